The summed E-state index contributed by atoms with van der Waals surface area (Å²) in [5.74, 6) is 0.892. The molecule has 1 aliphatic carbocycles. The molecule has 0 aliphatic heterocycles. The number of rotatable bonds is 3. The fourth-order valence-corrected chi connectivity index (χ4v) is 2.27. The van der Waals surface area contributed by atoms with Crippen LogP contribution in [0.15, 0.2) is 12.2 Å². The maximum atomic E-state index is 11.5. The van der Waals surface area contributed by atoms with Crippen molar-refractivity contribution in [3.63, 3.8) is 0 Å². The zero-order valence-corrected chi connectivity index (χ0v) is 10.1. The van der Waals surface area contributed by atoms with E-state index in [9.17, 15) is 4.79 Å². The number of esters is 1. The van der Waals surface area contributed by atoms with Crippen molar-refractivity contribution >= 4 is 5.97 Å². The van der Waals surface area contributed by atoms with Crippen LogP contribution in [0, 0.1) is 11.8 Å². The molecule has 2 heteroatoms. The average molecular weight is 210 g/mol. The minimum atomic E-state index is -0.229. The van der Waals surface area contributed by atoms with Crippen molar-refractivity contribution in [3.8, 4) is 0 Å². The summed E-state index contributed by atoms with van der Waals surface area (Å²) in [4.78, 5) is 11.5. The van der Waals surface area contributed by atoms with E-state index in [1.165, 1.54) is 19.3 Å². The van der Waals surface area contributed by atoms with Gasteiger partial charge in [-0.1, -0.05) is 26.8 Å². The molecular formula is C13H22O2. The Morgan fingerprint density at radius 3 is 2.47 bits per heavy atom. The standard InChI is InChI=1S/C13H22O2/c1-9(2)11-7-5-6-8-12(11)15-13(14)10(3)4/h9,11-12H,3,5-8H2,1-2,4H3. The molecule has 0 radical (unpaired) electrons. The molecule has 86 valence electrons. The SMILES string of the molecule is C=C(C)C(=O)OC1CCCCC1C(C)C. The lowest BCUT2D eigenvalue weighted by atomic mass is 9.79. The van der Waals surface area contributed by atoms with Gasteiger partial charge in [-0.25, -0.2) is 4.79 Å². The van der Waals surface area contributed by atoms with E-state index in [2.05, 4.69) is 20.4 Å². The molecule has 0 heterocycles. The largest absolute Gasteiger partial charge is 0.459 e. The maximum Gasteiger partial charge on any atom is 0.333 e. The quantitative estimate of drug-likeness (QED) is 0.527. The van der Waals surface area contributed by atoms with Crippen molar-refractivity contribution in [2.75, 3.05) is 0 Å². The first-order valence-corrected chi connectivity index (χ1v) is 5.89. The summed E-state index contributed by atoms with van der Waals surface area (Å²) in [5.41, 5.74) is 0.503. The Labute approximate surface area is 92.7 Å². The minimum Gasteiger partial charge on any atom is -0.459 e. The van der Waals surface area contributed by atoms with E-state index in [0.717, 1.165) is 6.42 Å². The Morgan fingerprint density at radius 1 is 1.33 bits per heavy atom. The second-order valence-corrected chi connectivity index (χ2v) is 4.92. The Balaban J connectivity index is 2.57. The number of carbonyl (C=O) groups excluding carboxylic acids is 1. The average Bonchev–Trinajstić information content (AvgIpc) is 2.18. The van der Waals surface area contributed by atoms with E-state index in [1.807, 2.05) is 0 Å². The van der Waals surface area contributed by atoms with Gasteiger partial charge < -0.3 is 4.74 Å². The summed E-state index contributed by atoms with van der Waals surface area (Å²) >= 11 is 0. The molecule has 0 aromatic rings. The van der Waals surface area contributed by atoms with Crippen molar-refractivity contribution in [1.29, 1.82) is 0 Å². The van der Waals surface area contributed by atoms with Crippen LogP contribution in [0.4, 0.5) is 0 Å². The van der Waals surface area contributed by atoms with Gasteiger partial charge in [-0.05, 0) is 38.0 Å². The van der Waals surface area contributed by atoms with Crippen LogP contribution in [-0.2, 0) is 9.53 Å². The van der Waals surface area contributed by atoms with Gasteiger partial charge in [-0.3, -0.25) is 0 Å². The van der Waals surface area contributed by atoms with Crippen molar-refractivity contribution in [2.45, 2.75) is 52.6 Å². The lowest BCUT2D eigenvalue weighted by molar-refractivity contribution is -0.149. The van der Waals surface area contributed by atoms with Crippen molar-refractivity contribution in [3.05, 3.63) is 12.2 Å². The highest BCUT2D eigenvalue weighted by Crippen LogP contribution is 2.32. The molecule has 15 heavy (non-hydrogen) atoms. The molecule has 1 rings (SSSR count). The fourth-order valence-electron chi connectivity index (χ4n) is 2.27. The van der Waals surface area contributed by atoms with E-state index in [1.54, 1.807) is 6.92 Å². The molecule has 2 unspecified atom stereocenters. The number of hydrogen-bond acceptors (Lipinski definition) is 2. The second kappa shape index (κ2) is 5.34. The van der Waals surface area contributed by atoms with Gasteiger partial charge in [0.2, 0.25) is 0 Å². The summed E-state index contributed by atoms with van der Waals surface area (Å²) in [7, 11) is 0. The van der Waals surface area contributed by atoms with Crippen molar-refractivity contribution < 1.29 is 9.53 Å². The highest BCUT2D eigenvalue weighted by atomic mass is 16.5. The molecule has 2 nitrogen and oxygen atoms in total. The second-order valence-electron chi connectivity index (χ2n) is 4.92. The van der Waals surface area contributed by atoms with Crippen LogP contribution in [0.3, 0.4) is 0 Å². The van der Waals surface area contributed by atoms with E-state index in [-0.39, 0.29) is 12.1 Å². The van der Waals surface area contributed by atoms with Gasteiger partial charge >= 0.3 is 5.97 Å². The number of ether oxygens (including phenoxy) is 1. The summed E-state index contributed by atoms with van der Waals surface area (Å²) < 4.78 is 5.49. The number of hydrogen-bond donors (Lipinski definition) is 0. The molecule has 0 bridgehead atoms. The highest BCUT2D eigenvalue weighted by Gasteiger charge is 2.30. The fraction of sp³-hybridized carbons (Fsp3) is 0.769. The molecule has 0 aromatic carbocycles. The predicted octanol–water partition coefficient (Wildman–Crippen LogP) is 3.32. The van der Waals surface area contributed by atoms with Gasteiger partial charge in [0.15, 0.2) is 0 Å². The Bertz CT molecular complexity index is 243. The third-order valence-corrected chi connectivity index (χ3v) is 3.22. The van der Waals surface area contributed by atoms with Crippen LogP contribution in [-0.4, -0.2) is 12.1 Å². The first kappa shape index (κ1) is 12.3. The minimum absolute atomic E-state index is 0.114. The van der Waals surface area contributed by atoms with Crippen LogP contribution in [0.2, 0.25) is 0 Å². The molecule has 1 fully saturated rings. The summed E-state index contributed by atoms with van der Waals surface area (Å²) in [6, 6.07) is 0. The van der Waals surface area contributed by atoms with Gasteiger partial charge in [0.25, 0.3) is 0 Å². The highest BCUT2D eigenvalue weighted by molar-refractivity contribution is 5.87. The summed E-state index contributed by atoms with van der Waals surface area (Å²) in [6.45, 7) is 9.73. The first-order chi connectivity index (χ1) is 7.02. The third kappa shape index (κ3) is 3.37. The van der Waals surface area contributed by atoms with Crippen LogP contribution in [0.5, 0.6) is 0 Å². The van der Waals surface area contributed by atoms with Crippen LogP contribution in [0.1, 0.15) is 46.5 Å². The third-order valence-electron chi connectivity index (χ3n) is 3.22. The Kier molecular flexibility index (Phi) is 4.37. The van der Waals surface area contributed by atoms with E-state index >= 15 is 0 Å². The van der Waals surface area contributed by atoms with Crippen LogP contribution >= 0.6 is 0 Å². The van der Waals surface area contributed by atoms with Gasteiger partial charge in [0.05, 0.1) is 0 Å². The number of carbonyl (C=O) groups is 1. The van der Waals surface area contributed by atoms with Gasteiger partial charge in [0.1, 0.15) is 6.10 Å². The molecule has 2 atom stereocenters. The van der Waals surface area contributed by atoms with Gasteiger partial charge in [-0.2, -0.15) is 0 Å². The molecule has 0 aromatic heterocycles. The zero-order chi connectivity index (χ0) is 11.4. The smallest absolute Gasteiger partial charge is 0.333 e. The van der Waals surface area contributed by atoms with Crippen LogP contribution in [0.25, 0.3) is 0 Å². The van der Waals surface area contributed by atoms with Gasteiger partial charge in [0, 0.05) is 5.57 Å². The monoisotopic (exact) mass is 210 g/mol. The van der Waals surface area contributed by atoms with E-state index in [0.29, 0.717) is 17.4 Å². The molecule has 0 N–H and O–H groups in total. The lowest BCUT2D eigenvalue weighted by Gasteiger charge is -2.33. The van der Waals surface area contributed by atoms with E-state index in [4.69, 9.17) is 4.74 Å². The van der Waals surface area contributed by atoms with Crippen LogP contribution < -0.4 is 0 Å². The summed E-state index contributed by atoms with van der Waals surface area (Å²) in [6.07, 6.45) is 4.76. The summed E-state index contributed by atoms with van der Waals surface area (Å²) in [5, 5.41) is 0. The Hall–Kier alpha value is -0.790. The predicted molar refractivity (Wildman–Crippen MR) is 61.5 cm³/mol. The topological polar surface area (TPSA) is 26.3 Å². The normalized spacial score (nSPS) is 26.4. The van der Waals surface area contributed by atoms with Gasteiger partial charge in [-0.15, -0.1) is 0 Å². The lowest BCUT2D eigenvalue weighted by Crippen LogP contribution is -2.33. The Morgan fingerprint density at radius 2 is 1.93 bits per heavy atom. The molecule has 1 saturated carbocycles. The molecule has 0 amide bonds. The van der Waals surface area contributed by atoms with E-state index < -0.39 is 0 Å². The van der Waals surface area contributed by atoms with Crippen molar-refractivity contribution in [2.24, 2.45) is 11.8 Å². The van der Waals surface area contributed by atoms with Crippen molar-refractivity contribution in [1.82, 2.24) is 0 Å². The molecular weight excluding hydrogens is 188 g/mol. The molecule has 0 saturated heterocycles. The maximum absolute atomic E-state index is 11.5. The molecule has 1 aliphatic rings. The zero-order valence-electron chi connectivity index (χ0n) is 10.1. The first-order valence-electron chi connectivity index (χ1n) is 5.89. The molecule has 0 spiro atoms.